The predicted molar refractivity (Wildman–Crippen MR) is 133 cm³/mol. The number of hydrogen-bond donors (Lipinski definition) is 0. The van der Waals surface area contributed by atoms with Crippen LogP contribution in [0.4, 0.5) is 0 Å². The third-order valence-corrected chi connectivity index (χ3v) is 24.0. The molecule has 4 aromatic rings. The SMILES string of the molecule is C[Si](C)(c1ccccc1)[Si](C)(c1ccccc1)c1ccc(-c2ccccc2)cc1. The van der Waals surface area contributed by atoms with Gasteiger partial charge in [-0.05, 0) is 11.1 Å². The van der Waals surface area contributed by atoms with E-state index in [0.29, 0.717) is 0 Å². The molecule has 0 heterocycles. The van der Waals surface area contributed by atoms with Gasteiger partial charge in [-0.1, -0.05) is 150 Å². The van der Waals surface area contributed by atoms with E-state index in [0.717, 1.165) is 0 Å². The highest BCUT2D eigenvalue weighted by Gasteiger charge is 2.48. The Morgan fingerprint density at radius 2 is 0.759 bits per heavy atom. The first kappa shape index (κ1) is 19.6. The summed E-state index contributed by atoms with van der Waals surface area (Å²) in [5.74, 6) is 0. The normalized spacial score (nSPS) is 13.6. The van der Waals surface area contributed by atoms with Crippen molar-refractivity contribution in [2.24, 2.45) is 0 Å². The van der Waals surface area contributed by atoms with Gasteiger partial charge in [0.2, 0.25) is 0 Å². The summed E-state index contributed by atoms with van der Waals surface area (Å²) in [6, 6.07) is 42.6. The fourth-order valence-corrected chi connectivity index (χ4v) is 17.1. The number of rotatable bonds is 5. The van der Waals surface area contributed by atoms with Crippen molar-refractivity contribution < 1.29 is 0 Å². The molecule has 0 saturated heterocycles. The summed E-state index contributed by atoms with van der Waals surface area (Å²) in [6.07, 6.45) is 0. The molecule has 29 heavy (non-hydrogen) atoms. The van der Waals surface area contributed by atoms with Crippen LogP contribution in [0.15, 0.2) is 115 Å². The van der Waals surface area contributed by atoms with Crippen LogP contribution < -0.4 is 15.6 Å². The fraction of sp³-hybridized carbons (Fsp3) is 0.111. The van der Waals surface area contributed by atoms with Gasteiger partial charge in [-0.2, -0.15) is 0 Å². The highest BCUT2D eigenvalue weighted by Crippen LogP contribution is 2.23. The van der Waals surface area contributed by atoms with E-state index in [1.165, 1.54) is 21.5 Å². The smallest absolute Gasteiger partial charge is 0.0668 e. The largest absolute Gasteiger partial charge is 0.112 e. The van der Waals surface area contributed by atoms with Crippen molar-refractivity contribution in [1.82, 2.24) is 0 Å². The van der Waals surface area contributed by atoms with E-state index in [9.17, 15) is 0 Å². The summed E-state index contributed by atoms with van der Waals surface area (Å²) in [6.45, 7) is 7.71. The Morgan fingerprint density at radius 3 is 1.28 bits per heavy atom. The summed E-state index contributed by atoms with van der Waals surface area (Å²) in [5, 5.41) is 4.61. The lowest BCUT2D eigenvalue weighted by molar-refractivity contribution is 1.62. The van der Waals surface area contributed by atoms with Crippen LogP contribution in [0, 0.1) is 0 Å². The molecule has 0 bridgehead atoms. The minimum absolute atomic E-state index is 1.28. The lowest BCUT2D eigenvalue weighted by atomic mass is 10.1. The molecule has 0 amide bonds. The molecule has 1 unspecified atom stereocenters. The zero-order valence-electron chi connectivity index (χ0n) is 17.5. The molecule has 2 heteroatoms. The van der Waals surface area contributed by atoms with Crippen molar-refractivity contribution in [1.29, 1.82) is 0 Å². The highest BCUT2D eigenvalue weighted by molar-refractivity contribution is 7.54. The van der Waals surface area contributed by atoms with Crippen molar-refractivity contribution >= 4 is 30.7 Å². The van der Waals surface area contributed by atoms with E-state index in [2.05, 4.69) is 135 Å². The average Bonchev–Trinajstić information content (AvgIpc) is 2.80. The van der Waals surface area contributed by atoms with Gasteiger partial charge in [-0.3, -0.25) is 0 Å². The second kappa shape index (κ2) is 7.98. The van der Waals surface area contributed by atoms with Crippen LogP contribution in [0.5, 0.6) is 0 Å². The third-order valence-electron chi connectivity index (χ3n) is 6.67. The fourth-order valence-electron chi connectivity index (χ4n) is 4.43. The first-order chi connectivity index (χ1) is 14.0. The summed E-state index contributed by atoms with van der Waals surface area (Å²) in [5.41, 5.74) is 2.57. The Bertz CT molecular complexity index is 1060. The maximum Gasteiger partial charge on any atom is 0.112 e. The predicted octanol–water partition coefficient (Wildman–Crippen LogP) is 5.24. The molecule has 144 valence electrons. The lowest BCUT2D eigenvalue weighted by Gasteiger charge is -2.42. The molecule has 0 nitrogen and oxygen atoms in total. The molecule has 4 rings (SSSR count). The lowest BCUT2D eigenvalue weighted by Crippen LogP contribution is -2.76. The van der Waals surface area contributed by atoms with Gasteiger partial charge in [-0.15, -0.1) is 0 Å². The van der Waals surface area contributed by atoms with Crippen LogP contribution in [0.2, 0.25) is 19.6 Å². The second-order valence-electron chi connectivity index (χ2n) is 8.43. The third kappa shape index (κ3) is 3.54. The molecule has 0 aromatic heterocycles. The van der Waals surface area contributed by atoms with Crippen LogP contribution in [-0.2, 0) is 0 Å². The highest BCUT2D eigenvalue weighted by atomic mass is 29.3. The minimum Gasteiger partial charge on any atom is -0.0668 e. The van der Waals surface area contributed by atoms with Crippen molar-refractivity contribution in [3.05, 3.63) is 115 Å². The molecule has 0 N–H and O–H groups in total. The van der Waals surface area contributed by atoms with Gasteiger partial charge in [-0.25, -0.2) is 0 Å². The van der Waals surface area contributed by atoms with Gasteiger partial charge in [0.1, 0.15) is 7.59 Å². The molecular formula is C27H28Si2. The van der Waals surface area contributed by atoms with Crippen LogP contribution >= 0.6 is 0 Å². The average molecular weight is 409 g/mol. The van der Waals surface area contributed by atoms with Crippen molar-refractivity contribution in [2.45, 2.75) is 19.6 Å². The quantitative estimate of drug-likeness (QED) is 0.396. The first-order valence-corrected chi connectivity index (χ1v) is 16.8. The summed E-state index contributed by atoms with van der Waals surface area (Å²) in [7, 11) is -3.73. The standard InChI is InChI=1S/C27H28Si2/c1-28(2,25-15-9-5-10-16-25)29(3,26-17-11-6-12-18-26)27-21-19-24(20-22-27)23-13-7-4-8-14-23/h4-22H,1-3H3. The van der Waals surface area contributed by atoms with Gasteiger partial charge in [0.15, 0.2) is 0 Å². The number of hydrogen-bond acceptors (Lipinski definition) is 0. The Morgan fingerprint density at radius 1 is 0.379 bits per heavy atom. The summed E-state index contributed by atoms with van der Waals surface area (Å²) < 4.78 is 0. The van der Waals surface area contributed by atoms with Crippen molar-refractivity contribution in [2.75, 3.05) is 0 Å². The van der Waals surface area contributed by atoms with E-state index < -0.39 is 15.2 Å². The zero-order valence-corrected chi connectivity index (χ0v) is 19.5. The monoisotopic (exact) mass is 408 g/mol. The molecule has 0 fully saturated rings. The van der Waals surface area contributed by atoms with Crippen LogP contribution in [-0.4, -0.2) is 15.2 Å². The Labute approximate surface area is 176 Å². The molecule has 4 aromatic carbocycles. The van der Waals surface area contributed by atoms with Crippen LogP contribution in [0.25, 0.3) is 11.1 Å². The Kier molecular flexibility index (Phi) is 5.40. The van der Waals surface area contributed by atoms with Crippen molar-refractivity contribution in [3.63, 3.8) is 0 Å². The molecule has 0 saturated carbocycles. The van der Waals surface area contributed by atoms with E-state index in [1.54, 1.807) is 5.19 Å². The second-order valence-corrected chi connectivity index (χ2v) is 22.4. The van der Waals surface area contributed by atoms with Crippen molar-refractivity contribution in [3.8, 4) is 11.1 Å². The minimum atomic E-state index is -1.96. The molecule has 0 aliphatic rings. The van der Waals surface area contributed by atoms with E-state index >= 15 is 0 Å². The van der Waals surface area contributed by atoms with Gasteiger partial charge in [0, 0.05) is 0 Å². The maximum atomic E-state index is 2.58. The van der Waals surface area contributed by atoms with Crippen LogP contribution in [0.1, 0.15) is 0 Å². The molecule has 0 aliphatic heterocycles. The van der Waals surface area contributed by atoms with Gasteiger partial charge in [0.25, 0.3) is 0 Å². The molecule has 0 aliphatic carbocycles. The molecule has 0 radical (unpaired) electrons. The van der Waals surface area contributed by atoms with E-state index in [4.69, 9.17) is 0 Å². The molecule has 0 spiro atoms. The number of benzene rings is 4. The molecule has 1 atom stereocenters. The van der Waals surface area contributed by atoms with E-state index in [-0.39, 0.29) is 0 Å². The molecular weight excluding hydrogens is 380 g/mol. The van der Waals surface area contributed by atoms with Gasteiger partial charge >= 0.3 is 0 Å². The van der Waals surface area contributed by atoms with Gasteiger partial charge in [0.05, 0.1) is 7.59 Å². The van der Waals surface area contributed by atoms with E-state index in [1.807, 2.05) is 0 Å². The topological polar surface area (TPSA) is 0 Å². The maximum absolute atomic E-state index is 2.58. The zero-order chi connectivity index (χ0) is 20.3. The van der Waals surface area contributed by atoms with Gasteiger partial charge < -0.3 is 0 Å². The Hall–Kier alpha value is -2.69. The Balaban J connectivity index is 1.86. The summed E-state index contributed by atoms with van der Waals surface area (Å²) in [4.78, 5) is 0. The van der Waals surface area contributed by atoms with Crippen LogP contribution in [0.3, 0.4) is 0 Å². The summed E-state index contributed by atoms with van der Waals surface area (Å²) >= 11 is 0. The first-order valence-electron chi connectivity index (χ1n) is 10.3.